The topological polar surface area (TPSA) is 78.5 Å². The second-order valence-corrected chi connectivity index (χ2v) is 9.37. The van der Waals surface area contributed by atoms with Gasteiger partial charge in [-0.15, -0.1) is 0 Å². The van der Waals surface area contributed by atoms with E-state index in [1.165, 1.54) is 4.90 Å². The second kappa shape index (κ2) is 9.46. The highest BCUT2D eigenvalue weighted by atomic mass is 79.9. The van der Waals surface area contributed by atoms with Crippen molar-refractivity contribution in [3.05, 3.63) is 68.8 Å². The molecule has 32 heavy (non-hydrogen) atoms. The lowest BCUT2D eigenvalue weighted by molar-refractivity contribution is -0.140. The first kappa shape index (κ1) is 22.6. The van der Waals surface area contributed by atoms with Gasteiger partial charge in [-0.05, 0) is 55.7 Å². The fourth-order valence-electron chi connectivity index (χ4n) is 4.10. The highest BCUT2D eigenvalue weighted by Gasteiger charge is 2.42. The monoisotopic (exact) mass is 515 g/mol. The van der Waals surface area contributed by atoms with E-state index in [4.69, 9.17) is 11.6 Å². The molecule has 1 aliphatic heterocycles. The van der Waals surface area contributed by atoms with E-state index < -0.39 is 11.8 Å². The molecule has 166 valence electrons. The summed E-state index contributed by atoms with van der Waals surface area (Å²) in [7, 11) is 0. The van der Waals surface area contributed by atoms with Gasteiger partial charge in [0.15, 0.2) is 0 Å². The highest BCUT2D eigenvalue weighted by Crippen LogP contribution is 2.33. The molecule has 0 bridgehead atoms. The molecule has 1 heterocycles. The molecular formula is C24H23BrClN3O3. The van der Waals surface area contributed by atoms with Crippen LogP contribution in [0.25, 0.3) is 0 Å². The highest BCUT2D eigenvalue weighted by molar-refractivity contribution is 9.10. The minimum absolute atomic E-state index is 0.0647. The van der Waals surface area contributed by atoms with E-state index in [0.717, 1.165) is 42.1 Å². The van der Waals surface area contributed by atoms with Crippen LogP contribution in [0.4, 0.5) is 11.4 Å². The molecular weight excluding hydrogens is 494 g/mol. The van der Waals surface area contributed by atoms with Crippen molar-refractivity contribution in [2.24, 2.45) is 0 Å². The third-order valence-electron chi connectivity index (χ3n) is 5.84. The summed E-state index contributed by atoms with van der Waals surface area (Å²) in [5.74, 6) is -1.15. The molecule has 0 radical (unpaired) electrons. The largest absolute Gasteiger partial charge is 0.349 e. The van der Waals surface area contributed by atoms with Gasteiger partial charge in [0.25, 0.3) is 17.7 Å². The molecule has 0 saturated heterocycles. The van der Waals surface area contributed by atoms with Gasteiger partial charge >= 0.3 is 0 Å². The second-order valence-electron chi connectivity index (χ2n) is 8.08. The Balaban J connectivity index is 1.54. The Bertz CT molecular complexity index is 1130. The van der Waals surface area contributed by atoms with Gasteiger partial charge in [-0.3, -0.25) is 19.3 Å². The number of hydrogen-bond acceptors (Lipinski definition) is 4. The first-order valence-electron chi connectivity index (χ1n) is 10.6. The lowest BCUT2D eigenvalue weighted by atomic mass is 9.94. The molecule has 2 aromatic carbocycles. The van der Waals surface area contributed by atoms with Gasteiger partial charge in [0.2, 0.25) is 0 Å². The van der Waals surface area contributed by atoms with Crippen LogP contribution in [-0.2, 0) is 9.59 Å². The zero-order valence-corrected chi connectivity index (χ0v) is 19.9. The average molecular weight is 517 g/mol. The number of benzene rings is 2. The first-order chi connectivity index (χ1) is 15.3. The Morgan fingerprint density at radius 2 is 1.81 bits per heavy atom. The van der Waals surface area contributed by atoms with Crippen molar-refractivity contribution in [1.82, 2.24) is 4.90 Å². The maximum atomic E-state index is 13.0. The van der Waals surface area contributed by atoms with E-state index in [-0.39, 0.29) is 22.7 Å². The maximum absolute atomic E-state index is 13.0. The number of nitrogens with zero attached hydrogens (tertiary/aromatic N) is 1. The molecule has 1 saturated carbocycles. The fraction of sp³-hybridized carbons (Fsp3) is 0.292. The molecule has 1 fully saturated rings. The van der Waals surface area contributed by atoms with Crippen molar-refractivity contribution < 1.29 is 14.4 Å². The van der Waals surface area contributed by atoms with Crippen molar-refractivity contribution in [2.45, 2.75) is 45.1 Å². The molecule has 8 heteroatoms. The van der Waals surface area contributed by atoms with E-state index in [1.807, 2.05) is 19.1 Å². The lowest BCUT2D eigenvalue weighted by Gasteiger charge is -2.29. The minimum atomic E-state index is -0.452. The number of aryl methyl sites for hydroxylation is 1. The standard InChI is InChI=1S/C24H23BrClN3O3/c1-14-10-11-15(22(30)27-17-7-5-6-16(25)13-17)12-19(14)28-21-20(26)23(31)29(24(21)32)18-8-3-2-4-9-18/h5-7,10-13,18,28H,2-4,8-9H2,1H3,(H,27,30). The van der Waals surface area contributed by atoms with Gasteiger partial charge in [0.05, 0.1) is 0 Å². The normalized spacial score (nSPS) is 17.2. The predicted octanol–water partition coefficient (Wildman–Crippen LogP) is 5.57. The van der Waals surface area contributed by atoms with E-state index >= 15 is 0 Å². The van der Waals surface area contributed by atoms with Gasteiger partial charge in [-0.1, -0.05) is 58.9 Å². The zero-order chi connectivity index (χ0) is 22.8. The molecule has 2 aliphatic rings. The molecule has 0 aromatic heterocycles. The van der Waals surface area contributed by atoms with E-state index in [9.17, 15) is 14.4 Å². The molecule has 0 atom stereocenters. The van der Waals surface area contributed by atoms with Crippen molar-refractivity contribution in [2.75, 3.05) is 10.6 Å². The Morgan fingerprint density at radius 3 is 2.53 bits per heavy atom. The number of anilines is 2. The summed E-state index contributed by atoms with van der Waals surface area (Å²) in [5.41, 5.74) is 2.50. The number of carbonyl (C=O) groups excluding carboxylic acids is 3. The molecule has 1 aliphatic carbocycles. The zero-order valence-electron chi connectivity index (χ0n) is 17.6. The van der Waals surface area contributed by atoms with Crippen LogP contribution in [0.5, 0.6) is 0 Å². The molecule has 3 amide bonds. The van der Waals surface area contributed by atoms with Crippen molar-refractivity contribution >= 4 is 56.6 Å². The SMILES string of the molecule is Cc1ccc(C(=O)Nc2cccc(Br)c2)cc1NC1=C(Cl)C(=O)N(C2CCCCC2)C1=O. The summed E-state index contributed by atoms with van der Waals surface area (Å²) < 4.78 is 0.857. The Morgan fingerprint density at radius 1 is 1.06 bits per heavy atom. The number of amides is 3. The van der Waals surface area contributed by atoms with Crippen LogP contribution in [0.2, 0.25) is 0 Å². The van der Waals surface area contributed by atoms with Crippen LogP contribution in [-0.4, -0.2) is 28.7 Å². The number of carbonyl (C=O) groups is 3. The summed E-state index contributed by atoms with van der Waals surface area (Å²) in [6, 6.07) is 12.3. The summed E-state index contributed by atoms with van der Waals surface area (Å²) in [6.07, 6.45) is 4.72. The van der Waals surface area contributed by atoms with Crippen LogP contribution in [0, 0.1) is 6.92 Å². The molecule has 2 N–H and O–H groups in total. The molecule has 2 aromatic rings. The van der Waals surface area contributed by atoms with Crippen LogP contribution in [0.1, 0.15) is 48.0 Å². The minimum Gasteiger partial charge on any atom is -0.349 e. The summed E-state index contributed by atoms with van der Waals surface area (Å²) in [4.78, 5) is 39.8. The van der Waals surface area contributed by atoms with Crippen LogP contribution in [0.15, 0.2) is 57.7 Å². The van der Waals surface area contributed by atoms with Crippen LogP contribution >= 0.6 is 27.5 Å². The third kappa shape index (κ3) is 4.59. The lowest BCUT2D eigenvalue weighted by Crippen LogP contribution is -2.42. The summed E-state index contributed by atoms with van der Waals surface area (Å²) >= 11 is 9.67. The number of rotatable bonds is 5. The quantitative estimate of drug-likeness (QED) is 0.509. The average Bonchev–Trinajstić information content (AvgIpc) is 2.98. The number of hydrogen-bond donors (Lipinski definition) is 2. The fourth-order valence-corrected chi connectivity index (χ4v) is 4.72. The van der Waals surface area contributed by atoms with E-state index in [0.29, 0.717) is 16.9 Å². The smallest absolute Gasteiger partial charge is 0.279 e. The van der Waals surface area contributed by atoms with Gasteiger partial charge < -0.3 is 10.6 Å². The number of imide groups is 1. The van der Waals surface area contributed by atoms with Crippen LogP contribution < -0.4 is 10.6 Å². The first-order valence-corrected chi connectivity index (χ1v) is 11.7. The Labute approximate surface area is 200 Å². The third-order valence-corrected chi connectivity index (χ3v) is 6.68. The van der Waals surface area contributed by atoms with E-state index in [1.54, 1.807) is 30.3 Å². The van der Waals surface area contributed by atoms with Crippen LogP contribution in [0.3, 0.4) is 0 Å². The van der Waals surface area contributed by atoms with Gasteiger partial charge in [0, 0.05) is 27.5 Å². The summed E-state index contributed by atoms with van der Waals surface area (Å²) in [5, 5.41) is 5.77. The predicted molar refractivity (Wildman–Crippen MR) is 129 cm³/mol. The maximum Gasteiger partial charge on any atom is 0.279 e. The Hall–Kier alpha value is -2.64. The van der Waals surface area contributed by atoms with E-state index in [2.05, 4.69) is 26.6 Å². The van der Waals surface area contributed by atoms with Crippen molar-refractivity contribution in [1.29, 1.82) is 0 Å². The van der Waals surface area contributed by atoms with Crippen molar-refractivity contribution in [3.63, 3.8) is 0 Å². The Kier molecular flexibility index (Phi) is 6.67. The van der Waals surface area contributed by atoms with Gasteiger partial charge in [-0.25, -0.2) is 0 Å². The summed E-state index contributed by atoms with van der Waals surface area (Å²) in [6.45, 7) is 1.85. The van der Waals surface area contributed by atoms with Gasteiger partial charge in [-0.2, -0.15) is 0 Å². The molecule has 0 unspecified atom stereocenters. The number of halogens is 2. The molecule has 6 nitrogen and oxygen atoms in total. The number of nitrogens with one attached hydrogen (secondary N) is 2. The molecule has 0 spiro atoms. The molecule has 4 rings (SSSR count). The van der Waals surface area contributed by atoms with Gasteiger partial charge in [0.1, 0.15) is 10.7 Å². The van der Waals surface area contributed by atoms with Crippen molar-refractivity contribution in [3.8, 4) is 0 Å².